The maximum absolute atomic E-state index is 12.1. The predicted octanol–water partition coefficient (Wildman–Crippen LogP) is 2.01. The Morgan fingerprint density at radius 1 is 1.60 bits per heavy atom. The van der Waals surface area contributed by atoms with E-state index in [0.717, 1.165) is 29.7 Å². The highest BCUT2D eigenvalue weighted by molar-refractivity contribution is 9.10. The largest absolute Gasteiger partial charge is 0.355 e. The number of benzene rings is 1. The van der Waals surface area contributed by atoms with Crippen LogP contribution in [0.1, 0.15) is 12.5 Å². The molecule has 1 aromatic rings. The van der Waals surface area contributed by atoms with Crippen LogP contribution in [0, 0.1) is 0 Å². The summed E-state index contributed by atoms with van der Waals surface area (Å²) in [5.41, 5.74) is 1.14. The molecule has 0 saturated carbocycles. The fourth-order valence-electron chi connectivity index (χ4n) is 2.35. The van der Waals surface area contributed by atoms with Crippen LogP contribution < -0.4 is 10.6 Å². The Labute approximate surface area is 133 Å². The van der Waals surface area contributed by atoms with Crippen molar-refractivity contribution in [1.82, 2.24) is 15.5 Å². The summed E-state index contributed by atoms with van der Waals surface area (Å²) < 4.78 is 0.984. The van der Waals surface area contributed by atoms with E-state index in [2.05, 4.69) is 31.5 Å². The summed E-state index contributed by atoms with van der Waals surface area (Å²) in [6.07, 6.45) is 0. The average Bonchev–Trinajstić information content (AvgIpc) is 2.43. The lowest BCUT2D eigenvalue weighted by Gasteiger charge is -2.35. The van der Waals surface area contributed by atoms with Crippen LogP contribution in [-0.4, -0.2) is 43.0 Å². The summed E-state index contributed by atoms with van der Waals surface area (Å²) in [6, 6.07) is 5.65. The van der Waals surface area contributed by atoms with E-state index in [4.69, 9.17) is 11.6 Å². The van der Waals surface area contributed by atoms with Gasteiger partial charge in [0.05, 0.1) is 0 Å². The summed E-state index contributed by atoms with van der Waals surface area (Å²) in [6.45, 7) is 5.79. The molecule has 110 valence electrons. The van der Waals surface area contributed by atoms with Crippen LogP contribution in [-0.2, 0) is 11.3 Å². The van der Waals surface area contributed by atoms with Gasteiger partial charge in [-0.15, -0.1) is 0 Å². The highest BCUT2D eigenvalue weighted by Gasteiger charge is 2.28. The molecule has 1 heterocycles. The number of halogens is 2. The van der Waals surface area contributed by atoms with E-state index in [1.165, 1.54) is 0 Å². The van der Waals surface area contributed by atoms with Gasteiger partial charge >= 0.3 is 0 Å². The number of rotatable bonds is 4. The number of carbonyl (C=O) groups excluding carboxylic acids is 1. The van der Waals surface area contributed by atoms with Crippen molar-refractivity contribution in [3.8, 4) is 0 Å². The second kappa shape index (κ2) is 7.41. The van der Waals surface area contributed by atoms with Crippen LogP contribution in [0.4, 0.5) is 0 Å². The van der Waals surface area contributed by atoms with Gasteiger partial charge in [-0.05, 0) is 24.6 Å². The molecule has 1 aliphatic rings. The Morgan fingerprint density at radius 3 is 3.10 bits per heavy atom. The topological polar surface area (TPSA) is 44.4 Å². The Kier molecular flexibility index (Phi) is 5.84. The van der Waals surface area contributed by atoms with Crippen molar-refractivity contribution in [2.45, 2.75) is 19.5 Å². The standard InChI is InChI=1S/C14H19BrClN3O/c1-2-18-14(20)13-8-17-5-6-19(13)9-10-3-4-11(16)7-12(10)15/h3-4,7,13,17H,2,5-6,8-9H2,1H3,(H,18,20). The summed E-state index contributed by atoms with van der Waals surface area (Å²) in [5, 5.41) is 6.89. The summed E-state index contributed by atoms with van der Waals surface area (Å²) >= 11 is 9.50. The number of amides is 1. The van der Waals surface area contributed by atoms with Crippen LogP contribution >= 0.6 is 27.5 Å². The van der Waals surface area contributed by atoms with Crippen molar-refractivity contribution in [3.05, 3.63) is 33.3 Å². The van der Waals surface area contributed by atoms with Crippen LogP contribution in [0.25, 0.3) is 0 Å². The van der Waals surface area contributed by atoms with Crippen molar-refractivity contribution in [1.29, 1.82) is 0 Å². The van der Waals surface area contributed by atoms with Crippen molar-refractivity contribution >= 4 is 33.4 Å². The SMILES string of the molecule is CCNC(=O)C1CNCCN1Cc1ccc(Cl)cc1Br. The average molecular weight is 361 g/mol. The maximum atomic E-state index is 12.1. The zero-order valence-corrected chi connectivity index (χ0v) is 13.8. The minimum Gasteiger partial charge on any atom is -0.355 e. The van der Waals surface area contributed by atoms with Crippen molar-refractivity contribution in [2.24, 2.45) is 0 Å². The molecule has 1 amide bonds. The number of nitrogens with one attached hydrogen (secondary N) is 2. The minimum absolute atomic E-state index is 0.0878. The van der Waals surface area contributed by atoms with Crippen LogP contribution in [0.2, 0.25) is 5.02 Å². The lowest BCUT2D eigenvalue weighted by molar-refractivity contribution is -0.127. The van der Waals surface area contributed by atoms with Crippen LogP contribution in [0.3, 0.4) is 0 Å². The zero-order chi connectivity index (χ0) is 14.5. The summed E-state index contributed by atoms with van der Waals surface area (Å²) in [4.78, 5) is 14.3. The molecular formula is C14H19BrClN3O. The third-order valence-electron chi connectivity index (χ3n) is 3.40. The molecule has 6 heteroatoms. The molecule has 1 unspecified atom stereocenters. The van der Waals surface area contributed by atoms with E-state index in [9.17, 15) is 4.79 Å². The fraction of sp³-hybridized carbons (Fsp3) is 0.500. The molecule has 2 N–H and O–H groups in total. The number of piperazine rings is 1. The minimum atomic E-state index is -0.119. The molecule has 1 atom stereocenters. The van der Waals surface area contributed by atoms with Crippen molar-refractivity contribution in [2.75, 3.05) is 26.2 Å². The smallest absolute Gasteiger partial charge is 0.238 e. The van der Waals surface area contributed by atoms with Crippen LogP contribution in [0.15, 0.2) is 22.7 Å². The Hall–Kier alpha value is -0.620. The Balaban J connectivity index is 2.10. The third-order valence-corrected chi connectivity index (χ3v) is 4.37. The number of nitrogens with zero attached hydrogens (tertiary/aromatic N) is 1. The van der Waals surface area contributed by atoms with Gasteiger partial charge < -0.3 is 10.6 Å². The van der Waals surface area contributed by atoms with E-state index >= 15 is 0 Å². The quantitative estimate of drug-likeness (QED) is 0.863. The molecule has 20 heavy (non-hydrogen) atoms. The summed E-state index contributed by atoms with van der Waals surface area (Å²) in [7, 11) is 0. The van der Waals surface area contributed by atoms with E-state index in [-0.39, 0.29) is 11.9 Å². The van der Waals surface area contributed by atoms with Gasteiger partial charge in [-0.25, -0.2) is 0 Å². The highest BCUT2D eigenvalue weighted by Crippen LogP contribution is 2.23. The van der Waals surface area contributed by atoms with Gasteiger partial charge in [0.15, 0.2) is 0 Å². The zero-order valence-electron chi connectivity index (χ0n) is 11.5. The Morgan fingerprint density at radius 2 is 2.40 bits per heavy atom. The van der Waals surface area contributed by atoms with E-state index in [1.807, 2.05) is 25.1 Å². The third kappa shape index (κ3) is 3.95. The van der Waals surface area contributed by atoms with Crippen molar-refractivity contribution < 1.29 is 4.79 Å². The van der Waals surface area contributed by atoms with Gasteiger partial charge in [-0.2, -0.15) is 0 Å². The molecule has 0 radical (unpaired) electrons. The van der Waals surface area contributed by atoms with E-state index < -0.39 is 0 Å². The lowest BCUT2D eigenvalue weighted by atomic mass is 10.1. The second-order valence-electron chi connectivity index (χ2n) is 4.82. The normalized spacial score (nSPS) is 19.9. The van der Waals surface area contributed by atoms with E-state index in [0.29, 0.717) is 18.1 Å². The molecule has 1 saturated heterocycles. The predicted molar refractivity (Wildman–Crippen MR) is 84.9 cm³/mol. The lowest BCUT2D eigenvalue weighted by Crippen LogP contribution is -2.57. The first-order valence-electron chi connectivity index (χ1n) is 6.78. The summed E-state index contributed by atoms with van der Waals surface area (Å²) in [5.74, 6) is 0.0878. The van der Waals surface area contributed by atoms with Crippen LogP contribution in [0.5, 0.6) is 0 Å². The monoisotopic (exact) mass is 359 g/mol. The molecule has 0 spiro atoms. The van der Waals surface area contributed by atoms with Gasteiger partial charge in [0, 0.05) is 42.2 Å². The molecule has 1 aliphatic heterocycles. The first kappa shape index (κ1) is 15.8. The molecule has 2 rings (SSSR count). The number of hydrogen-bond donors (Lipinski definition) is 2. The van der Waals surface area contributed by atoms with Gasteiger partial charge in [0.1, 0.15) is 6.04 Å². The van der Waals surface area contributed by atoms with E-state index in [1.54, 1.807) is 0 Å². The first-order chi connectivity index (χ1) is 9.61. The number of hydrogen-bond acceptors (Lipinski definition) is 3. The molecule has 0 aromatic heterocycles. The molecule has 1 aromatic carbocycles. The van der Waals surface area contributed by atoms with Gasteiger partial charge in [-0.3, -0.25) is 9.69 Å². The fourth-order valence-corrected chi connectivity index (χ4v) is 3.16. The number of likely N-dealkylation sites (N-methyl/N-ethyl adjacent to an activating group) is 1. The molecule has 4 nitrogen and oxygen atoms in total. The highest BCUT2D eigenvalue weighted by atomic mass is 79.9. The molecule has 0 bridgehead atoms. The second-order valence-corrected chi connectivity index (χ2v) is 6.11. The van der Waals surface area contributed by atoms with Crippen molar-refractivity contribution in [3.63, 3.8) is 0 Å². The molecule has 1 fully saturated rings. The Bertz CT molecular complexity index is 483. The molecular weight excluding hydrogens is 342 g/mol. The van der Waals surface area contributed by atoms with Gasteiger partial charge in [0.25, 0.3) is 0 Å². The first-order valence-corrected chi connectivity index (χ1v) is 7.95. The maximum Gasteiger partial charge on any atom is 0.238 e. The number of carbonyl (C=O) groups is 1. The van der Waals surface area contributed by atoms with Gasteiger partial charge in [-0.1, -0.05) is 33.6 Å². The molecule has 0 aliphatic carbocycles. The van der Waals surface area contributed by atoms with Gasteiger partial charge in [0.2, 0.25) is 5.91 Å².